The molecule has 1 aliphatic rings. The molecular formula is C13H15NO. The van der Waals surface area contributed by atoms with Gasteiger partial charge in [-0.15, -0.1) is 0 Å². The predicted molar refractivity (Wildman–Crippen MR) is 60.4 cm³/mol. The zero-order chi connectivity index (χ0) is 10.8. The number of amides is 1. The van der Waals surface area contributed by atoms with Crippen LogP contribution in [-0.2, 0) is 4.79 Å². The Hall–Kier alpha value is -1.57. The molecule has 1 aromatic carbocycles. The number of aryl methyl sites for hydroxylation is 1. The molecule has 1 heterocycles. The van der Waals surface area contributed by atoms with Gasteiger partial charge in [0.15, 0.2) is 0 Å². The summed E-state index contributed by atoms with van der Waals surface area (Å²) >= 11 is 0. The highest BCUT2D eigenvalue weighted by Gasteiger charge is 2.23. The van der Waals surface area contributed by atoms with Crippen molar-refractivity contribution < 1.29 is 4.79 Å². The van der Waals surface area contributed by atoms with Crippen molar-refractivity contribution in [3.63, 3.8) is 0 Å². The van der Waals surface area contributed by atoms with E-state index in [2.05, 4.69) is 31.0 Å². The number of carbonyl (C=O) groups is 1. The zero-order valence-electron chi connectivity index (χ0n) is 8.92. The number of nitrogens with one attached hydrogen (secondary N) is 1. The van der Waals surface area contributed by atoms with Gasteiger partial charge in [-0.1, -0.05) is 30.8 Å². The fourth-order valence-corrected chi connectivity index (χ4v) is 2.10. The zero-order valence-corrected chi connectivity index (χ0v) is 8.92. The average molecular weight is 201 g/mol. The van der Waals surface area contributed by atoms with Gasteiger partial charge in [-0.05, 0) is 24.5 Å². The summed E-state index contributed by atoms with van der Waals surface area (Å²) in [6.07, 6.45) is 1.47. The molecule has 1 aromatic rings. The summed E-state index contributed by atoms with van der Waals surface area (Å²) in [5, 5.41) is 2.82. The lowest BCUT2D eigenvalue weighted by atomic mass is 9.86. The number of rotatable bonds is 1. The van der Waals surface area contributed by atoms with Crippen LogP contribution in [0.3, 0.4) is 0 Å². The van der Waals surface area contributed by atoms with Crippen LogP contribution in [0, 0.1) is 6.92 Å². The molecule has 15 heavy (non-hydrogen) atoms. The maximum absolute atomic E-state index is 11.2. The van der Waals surface area contributed by atoms with Crippen LogP contribution in [0.1, 0.15) is 29.9 Å². The Morgan fingerprint density at radius 2 is 2.13 bits per heavy atom. The normalized spacial score (nSPS) is 21.3. The molecule has 2 rings (SSSR count). The molecule has 0 aliphatic carbocycles. The number of hydrogen-bond donors (Lipinski definition) is 1. The minimum Gasteiger partial charge on any atom is -0.330 e. The largest absolute Gasteiger partial charge is 0.330 e. The van der Waals surface area contributed by atoms with Crippen molar-refractivity contribution in [1.82, 2.24) is 5.32 Å². The number of hydrogen-bond acceptors (Lipinski definition) is 1. The van der Waals surface area contributed by atoms with Crippen LogP contribution in [0.2, 0.25) is 0 Å². The lowest BCUT2D eigenvalue weighted by Gasteiger charge is -2.26. The van der Waals surface area contributed by atoms with Gasteiger partial charge in [0, 0.05) is 18.0 Å². The molecule has 1 aliphatic heterocycles. The fraction of sp³-hybridized carbons (Fsp3) is 0.308. The van der Waals surface area contributed by atoms with E-state index in [0.29, 0.717) is 6.42 Å². The van der Waals surface area contributed by atoms with Crippen LogP contribution in [0.4, 0.5) is 0 Å². The average Bonchev–Trinajstić information content (AvgIpc) is 2.20. The van der Waals surface area contributed by atoms with Crippen molar-refractivity contribution in [2.75, 3.05) is 0 Å². The van der Waals surface area contributed by atoms with Gasteiger partial charge in [-0.25, -0.2) is 0 Å². The summed E-state index contributed by atoms with van der Waals surface area (Å²) in [4.78, 5) is 11.2. The Morgan fingerprint density at radius 1 is 1.40 bits per heavy atom. The molecule has 0 aromatic heterocycles. The Bertz CT molecular complexity index is 409. The monoisotopic (exact) mass is 201 g/mol. The van der Waals surface area contributed by atoms with Crippen LogP contribution in [0.5, 0.6) is 0 Å². The molecule has 78 valence electrons. The van der Waals surface area contributed by atoms with Gasteiger partial charge < -0.3 is 5.32 Å². The smallest absolute Gasteiger partial charge is 0.224 e. The maximum Gasteiger partial charge on any atom is 0.224 e. The maximum atomic E-state index is 11.2. The standard InChI is InChI=1S/C13H15NO/c1-9-5-3-4-6-11(9)12-7-8-13(15)14-10(12)2/h3-6,12H,2,7-8H2,1H3,(H,14,15). The Morgan fingerprint density at radius 3 is 2.80 bits per heavy atom. The van der Waals surface area contributed by atoms with Crippen LogP contribution in [0.25, 0.3) is 0 Å². The Kier molecular flexibility index (Phi) is 2.58. The third kappa shape index (κ3) is 1.94. The van der Waals surface area contributed by atoms with E-state index in [4.69, 9.17) is 0 Å². The molecule has 1 unspecified atom stereocenters. The summed E-state index contributed by atoms with van der Waals surface area (Å²) in [5.41, 5.74) is 3.38. The third-order valence-corrected chi connectivity index (χ3v) is 2.94. The predicted octanol–water partition coefficient (Wildman–Crippen LogP) is 2.50. The van der Waals surface area contributed by atoms with Crippen LogP contribution in [-0.4, -0.2) is 5.91 Å². The molecule has 1 amide bonds. The van der Waals surface area contributed by atoms with Crippen LogP contribution in [0.15, 0.2) is 36.5 Å². The first-order valence-electron chi connectivity index (χ1n) is 5.22. The van der Waals surface area contributed by atoms with Crippen molar-refractivity contribution in [2.45, 2.75) is 25.7 Å². The van der Waals surface area contributed by atoms with E-state index < -0.39 is 0 Å². The number of allylic oxidation sites excluding steroid dienone is 1. The minimum atomic E-state index is 0.0878. The second-order valence-electron chi connectivity index (χ2n) is 4.02. The van der Waals surface area contributed by atoms with Crippen molar-refractivity contribution in [1.29, 1.82) is 0 Å². The summed E-state index contributed by atoms with van der Waals surface area (Å²) in [6, 6.07) is 8.27. The molecule has 1 atom stereocenters. The van der Waals surface area contributed by atoms with Crippen LogP contribution >= 0.6 is 0 Å². The lowest BCUT2D eigenvalue weighted by molar-refractivity contribution is -0.121. The van der Waals surface area contributed by atoms with Crippen molar-refractivity contribution in [2.24, 2.45) is 0 Å². The van der Waals surface area contributed by atoms with E-state index in [0.717, 1.165) is 12.1 Å². The Labute approximate surface area is 90.0 Å². The van der Waals surface area contributed by atoms with Crippen molar-refractivity contribution >= 4 is 5.91 Å². The highest BCUT2D eigenvalue weighted by Crippen LogP contribution is 2.31. The molecule has 0 saturated carbocycles. The molecule has 1 saturated heterocycles. The second-order valence-corrected chi connectivity index (χ2v) is 4.02. The van der Waals surface area contributed by atoms with Crippen molar-refractivity contribution in [3.8, 4) is 0 Å². The number of piperidine rings is 1. The van der Waals surface area contributed by atoms with Gasteiger partial charge in [0.1, 0.15) is 0 Å². The van der Waals surface area contributed by atoms with E-state index in [1.54, 1.807) is 0 Å². The number of benzene rings is 1. The van der Waals surface area contributed by atoms with E-state index in [1.165, 1.54) is 11.1 Å². The molecular weight excluding hydrogens is 186 g/mol. The first-order valence-corrected chi connectivity index (χ1v) is 5.22. The van der Waals surface area contributed by atoms with Crippen LogP contribution < -0.4 is 5.32 Å². The molecule has 2 nitrogen and oxygen atoms in total. The topological polar surface area (TPSA) is 29.1 Å². The summed E-state index contributed by atoms with van der Waals surface area (Å²) in [7, 11) is 0. The van der Waals surface area contributed by atoms with E-state index in [1.807, 2.05) is 12.1 Å². The van der Waals surface area contributed by atoms with Gasteiger partial charge in [0.2, 0.25) is 5.91 Å². The van der Waals surface area contributed by atoms with E-state index >= 15 is 0 Å². The van der Waals surface area contributed by atoms with Gasteiger partial charge in [-0.3, -0.25) is 4.79 Å². The molecule has 0 radical (unpaired) electrons. The Balaban J connectivity index is 2.28. The number of carbonyl (C=O) groups excluding carboxylic acids is 1. The third-order valence-electron chi connectivity index (χ3n) is 2.94. The molecule has 2 heteroatoms. The quantitative estimate of drug-likeness (QED) is 0.743. The fourth-order valence-electron chi connectivity index (χ4n) is 2.10. The van der Waals surface area contributed by atoms with Gasteiger partial charge in [0.25, 0.3) is 0 Å². The second kappa shape index (κ2) is 3.89. The summed E-state index contributed by atoms with van der Waals surface area (Å²) in [5.74, 6) is 0.369. The molecule has 1 fully saturated rings. The first kappa shape index (κ1) is 9.97. The van der Waals surface area contributed by atoms with E-state index in [-0.39, 0.29) is 11.8 Å². The first-order chi connectivity index (χ1) is 7.18. The SMILES string of the molecule is C=C1NC(=O)CCC1c1ccccc1C. The lowest BCUT2D eigenvalue weighted by Crippen LogP contribution is -2.31. The van der Waals surface area contributed by atoms with Crippen molar-refractivity contribution in [3.05, 3.63) is 47.7 Å². The van der Waals surface area contributed by atoms with Gasteiger partial charge >= 0.3 is 0 Å². The summed E-state index contributed by atoms with van der Waals surface area (Å²) < 4.78 is 0. The van der Waals surface area contributed by atoms with Gasteiger partial charge in [-0.2, -0.15) is 0 Å². The minimum absolute atomic E-state index is 0.0878. The highest BCUT2D eigenvalue weighted by molar-refractivity contribution is 5.79. The molecule has 1 N–H and O–H groups in total. The highest BCUT2D eigenvalue weighted by atomic mass is 16.1. The molecule has 0 spiro atoms. The summed E-state index contributed by atoms with van der Waals surface area (Å²) in [6.45, 7) is 6.03. The van der Waals surface area contributed by atoms with Gasteiger partial charge in [0.05, 0.1) is 0 Å². The molecule has 0 bridgehead atoms. The van der Waals surface area contributed by atoms with E-state index in [9.17, 15) is 4.79 Å².